The number of thioether (sulfide) groups is 1. The largest absolute Gasteiger partial charge is 0.310 e. The average molecular weight is 448 g/mol. The van der Waals surface area contributed by atoms with Crippen LogP contribution in [0.4, 0.5) is 5.82 Å². The molecule has 4 aromatic rings. The van der Waals surface area contributed by atoms with Gasteiger partial charge in [-0.15, -0.1) is 5.10 Å². The summed E-state index contributed by atoms with van der Waals surface area (Å²) in [6.45, 7) is 8.28. The first kappa shape index (κ1) is 21.8. The molecule has 0 aliphatic rings. The molecule has 0 unspecified atom stereocenters. The van der Waals surface area contributed by atoms with E-state index >= 15 is 0 Å². The first-order valence-corrected chi connectivity index (χ1v) is 11.2. The first-order valence-electron chi connectivity index (χ1n) is 10.3. The molecule has 2 aromatic carbocycles. The van der Waals surface area contributed by atoms with Gasteiger partial charge in [-0.1, -0.05) is 68.9 Å². The van der Waals surface area contributed by atoms with Gasteiger partial charge in [0.15, 0.2) is 0 Å². The summed E-state index contributed by atoms with van der Waals surface area (Å²) in [5.41, 5.74) is 3.57. The van der Waals surface area contributed by atoms with Gasteiger partial charge in [-0.2, -0.15) is 9.78 Å². The molecule has 0 bridgehead atoms. The molecular formula is C23H25N7OS. The maximum atomic E-state index is 12.8. The molecule has 32 heavy (non-hydrogen) atoms. The van der Waals surface area contributed by atoms with Gasteiger partial charge in [0.05, 0.1) is 22.8 Å². The van der Waals surface area contributed by atoms with Crippen LogP contribution in [0.3, 0.4) is 0 Å². The summed E-state index contributed by atoms with van der Waals surface area (Å²) in [6.07, 6.45) is 0. The Labute approximate surface area is 191 Å². The number of anilines is 1. The number of tetrazole rings is 1. The molecule has 0 radical (unpaired) electrons. The Kier molecular flexibility index (Phi) is 6.09. The number of benzene rings is 2. The molecule has 2 aromatic heterocycles. The van der Waals surface area contributed by atoms with Crippen molar-refractivity contribution < 1.29 is 4.79 Å². The Morgan fingerprint density at radius 3 is 2.47 bits per heavy atom. The molecule has 0 aliphatic carbocycles. The van der Waals surface area contributed by atoms with Crippen molar-refractivity contribution in [1.82, 2.24) is 30.0 Å². The van der Waals surface area contributed by atoms with E-state index in [1.54, 1.807) is 9.36 Å². The number of nitrogens with zero attached hydrogens (tertiary/aromatic N) is 6. The number of aromatic nitrogens is 6. The number of carbonyl (C=O) groups excluding carboxylic acids is 1. The summed E-state index contributed by atoms with van der Waals surface area (Å²) >= 11 is 1.28. The summed E-state index contributed by atoms with van der Waals surface area (Å²) in [4.78, 5) is 12.8. The fraction of sp³-hybridized carbons (Fsp3) is 0.261. The second kappa shape index (κ2) is 8.96. The van der Waals surface area contributed by atoms with Gasteiger partial charge in [0, 0.05) is 11.5 Å². The van der Waals surface area contributed by atoms with Gasteiger partial charge in [-0.05, 0) is 41.1 Å². The number of hydrogen-bond acceptors (Lipinski definition) is 6. The lowest BCUT2D eigenvalue weighted by Gasteiger charge is -2.14. The summed E-state index contributed by atoms with van der Waals surface area (Å²) < 4.78 is 3.42. The molecule has 8 nitrogen and oxygen atoms in total. The van der Waals surface area contributed by atoms with Crippen LogP contribution >= 0.6 is 11.8 Å². The van der Waals surface area contributed by atoms with Gasteiger partial charge in [0.2, 0.25) is 11.1 Å². The van der Waals surface area contributed by atoms with Gasteiger partial charge >= 0.3 is 0 Å². The van der Waals surface area contributed by atoms with Crippen LogP contribution in [0.25, 0.3) is 11.4 Å². The minimum absolute atomic E-state index is 0.149. The van der Waals surface area contributed by atoms with Crippen LogP contribution < -0.4 is 5.32 Å². The highest BCUT2D eigenvalue weighted by molar-refractivity contribution is 7.99. The zero-order valence-electron chi connectivity index (χ0n) is 18.5. The third kappa shape index (κ3) is 4.72. The molecular weight excluding hydrogens is 422 g/mol. The fourth-order valence-corrected chi connectivity index (χ4v) is 3.82. The standard InChI is InChI=1S/C23H25N7OS/c1-16-10-8-9-13-18(16)30-22(25-27-28-30)32-15-21(31)24-20-14-19(23(2,3)4)26-29(20)17-11-6-5-7-12-17/h5-14H,15H2,1-4H3,(H,24,31). The zero-order chi connectivity index (χ0) is 22.7. The highest BCUT2D eigenvalue weighted by atomic mass is 32.2. The van der Waals surface area contributed by atoms with Gasteiger partial charge in [-0.3, -0.25) is 4.79 Å². The lowest BCUT2D eigenvalue weighted by Crippen LogP contribution is -2.17. The van der Waals surface area contributed by atoms with Crippen LogP contribution in [0.2, 0.25) is 0 Å². The van der Waals surface area contributed by atoms with E-state index in [9.17, 15) is 4.79 Å². The highest BCUT2D eigenvalue weighted by Crippen LogP contribution is 2.27. The van der Waals surface area contributed by atoms with E-state index in [-0.39, 0.29) is 17.1 Å². The molecule has 9 heteroatoms. The Balaban J connectivity index is 1.52. The molecule has 0 fully saturated rings. The number of amides is 1. The van der Waals surface area contributed by atoms with Crippen LogP contribution in [0.15, 0.2) is 65.8 Å². The molecule has 1 amide bonds. The lowest BCUT2D eigenvalue weighted by molar-refractivity contribution is -0.113. The summed E-state index contributed by atoms with van der Waals surface area (Å²) in [7, 11) is 0. The number of nitrogens with one attached hydrogen (secondary N) is 1. The van der Waals surface area contributed by atoms with Crippen LogP contribution in [0.5, 0.6) is 0 Å². The molecule has 164 valence electrons. The van der Waals surface area contributed by atoms with E-state index in [0.29, 0.717) is 11.0 Å². The van der Waals surface area contributed by atoms with Crippen molar-refractivity contribution in [3.05, 3.63) is 71.9 Å². The lowest BCUT2D eigenvalue weighted by atomic mass is 9.92. The smallest absolute Gasteiger partial charge is 0.236 e. The van der Waals surface area contributed by atoms with Crippen molar-refractivity contribution in [2.75, 3.05) is 11.1 Å². The van der Waals surface area contributed by atoms with E-state index in [1.165, 1.54) is 11.8 Å². The summed E-state index contributed by atoms with van der Waals surface area (Å²) in [5, 5.41) is 20.2. The van der Waals surface area contributed by atoms with Gasteiger partial charge < -0.3 is 5.32 Å². The van der Waals surface area contributed by atoms with Crippen molar-refractivity contribution >= 4 is 23.5 Å². The van der Waals surface area contributed by atoms with Crippen LogP contribution in [0.1, 0.15) is 32.0 Å². The number of para-hydroxylation sites is 2. The quantitative estimate of drug-likeness (QED) is 0.446. The Hall–Kier alpha value is -3.46. The van der Waals surface area contributed by atoms with Crippen molar-refractivity contribution in [1.29, 1.82) is 0 Å². The maximum Gasteiger partial charge on any atom is 0.236 e. The first-order chi connectivity index (χ1) is 15.3. The summed E-state index contributed by atoms with van der Waals surface area (Å²) in [6, 6.07) is 19.5. The van der Waals surface area contributed by atoms with E-state index < -0.39 is 0 Å². The average Bonchev–Trinajstić information content (AvgIpc) is 3.40. The monoisotopic (exact) mass is 447 g/mol. The minimum atomic E-state index is -0.160. The Bertz CT molecular complexity index is 1220. The van der Waals surface area contributed by atoms with Gasteiger partial charge in [0.1, 0.15) is 5.82 Å². The minimum Gasteiger partial charge on any atom is -0.310 e. The van der Waals surface area contributed by atoms with E-state index in [4.69, 9.17) is 5.10 Å². The zero-order valence-corrected chi connectivity index (χ0v) is 19.3. The third-order valence-electron chi connectivity index (χ3n) is 4.86. The summed E-state index contributed by atoms with van der Waals surface area (Å²) in [5.74, 6) is 0.633. The van der Waals surface area contributed by atoms with E-state index in [1.807, 2.05) is 67.6 Å². The molecule has 0 spiro atoms. The fourth-order valence-electron chi connectivity index (χ4n) is 3.13. The van der Waals surface area contributed by atoms with Crippen molar-refractivity contribution in [3.8, 4) is 11.4 Å². The van der Waals surface area contributed by atoms with Crippen molar-refractivity contribution in [3.63, 3.8) is 0 Å². The molecule has 0 aliphatic heterocycles. The second-order valence-electron chi connectivity index (χ2n) is 8.41. The third-order valence-corrected chi connectivity index (χ3v) is 5.78. The molecule has 1 N–H and O–H groups in total. The van der Waals surface area contributed by atoms with Crippen molar-refractivity contribution in [2.45, 2.75) is 38.3 Å². The van der Waals surface area contributed by atoms with Crippen LogP contribution in [0, 0.1) is 6.92 Å². The second-order valence-corrected chi connectivity index (χ2v) is 9.35. The number of hydrogen-bond donors (Lipinski definition) is 1. The topological polar surface area (TPSA) is 90.5 Å². The predicted molar refractivity (Wildman–Crippen MR) is 126 cm³/mol. The predicted octanol–water partition coefficient (Wildman–Crippen LogP) is 4.18. The maximum absolute atomic E-state index is 12.8. The van der Waals surface area contributed by atoms with Gasteiger partial charge in [0.25, 0.3) is 0 Å². The van der Waals surface area contributed by atoms with Crippen LogP contribution in [-0.2, 0) is 10.2 Å². The molecule has 2 heterocycles. The number of rotatable bonds is 6. The Morgan fingerprint density at radius 2 is 1.75 bits per heavy atom. The SMILES string of the molecule is Cc1ccccc1-n1nnnc1SCC(=O)Nc1cc(C(C)(C)C)nn1-c1ccccc1. The van der Waals surface area contributed by atoms with Crippen LogP contribution in [-0.4, -0.2) is 41.6 Å². The normalized spacial score (nSPS) is 11.5. The van der Waals surface area contributed by atoms with Crippen molar-refractivity contribution in [2.24, 2.45) is 0 Å². The van der Waals surface area contributed by atoms with E-state index in [2.05, 4.69) is 41.6 Å². The highest BCUT2D eigenvalue weighted by Gasteiger charge is 2.22. The molecule has 0 atom stereocenters. The number of aryl methyl sites for hydroxylation is 1. The van der Waals surface area contributed by atoms with Gasteiger partial charge in [-0.25, -0.2) is 4.68 Å². The molecule has 0 saturated carbocycles. The Morgan fingerprint density at radius 1 is 1.03 bits per heavy atom. The number of carbonyl (C=O) groups is 1. The molecule has 0 saturated heterocycles. The van der Waals surface area contributed by atoms with E-state index in [0.717, 1.165) is 22.6 Å². The molecule has 4 rings (SSSR count).